The van der Waals surface area contributed by atoms with Gasteiger partial charge in [0.05, 0.1) is 0 Å². The molecule has 3 heteroatoms. The van der Waals surface area contributed by atoms with E-state index in [-0.39, 0.29) is 12.0 Å². The second kappa shape index (κ2) is 3.65. The van der Waals surface area contributed by atoms with Gasteiger partial charge in [0.1, 0.15) is 11.6 Å². The summed E-state index contributed by atoms with van der Waals surface area (Å²) in [7, 11) is 0. The molecule has 0 aliphatic heterocycles. The first-order valence-corrected chi connectivity index (χ1v) is 4.87. The molecule has 1 aromatic carbocycles. The Balaban J connectivity index is 2.24. The summed E-state index contributed by atoms with van der Waals surface area (Å²) in [4.78, 5) is 0. The van der Waals surface area contributed by atoms with Crippen molar-refractivity contribution < 1.29 is 8.78 Å². The van der Waals surface area contributed by atoms with Crippen molar-refractivity contribution in [3.63, 3.8) is 0 Å². The maximum Gasteiger partial charge on any atom is 0.129 e. The Bertz CT molecular complexity index is 338. The van der Waals surface area contributed by atoms with Gasteiger partial charge >= 0.3 is 0 Å². The Morgan fingerprint density at radius 1 is 1.21 bits per heavy atom. The summed E-state index contributed by atoms with van der Waals surface area (Å²) in [5.41, 5.74) is 6.36. The largest absolute Gasteiger partial charge is 0.328 e. The average Bonchev–Trinajstić information content (AvgIpc) is 2.51. The van der Waals surface area contributed by atoms with Gasteiger partial charge in [-0.15, -0.1) is 0 Å². The minimum Gasteiger partial charge on any atom is -0.328 e. The van der Waals surface area contributed by atoms with Crippen LogP contribution < -0.4 is 5.73 Å². The lowest BCUT2D eigenvalue weighted by molar-refractivity contribution is 0.552. The molecule has 0 unspecified atom stereocenters. The molecule has 1 aliphatic rings. The first kappa shape index (κ1) is 9.59. The minimum absolute atomic E-state index is 0.171. The van der Waals surface area contributed by atoms with Crippen LogP contribution in [0.4, 0.5) is 8.78 Å². The number of nitrogens with two attached hydrogens (primary N) is 1. The highest BCUT2D eigenvalue weighted by Crippen LogP contribution is 2.34. The van der Waals surface area contributed by atoms with E-state index in [0.717, 1.165) is 25.3 Å². The third-order valence-electron chi connectivity index (χ3n) is 2.88. The molecule has 0 amide bonds. The first-order valence-electron chi connectivity index (χ1n) is 4.87. The van der Waals surface area contributed by atoms with Gasteiger partial charge < -0.3 is 5.73 Å². The molecule has 1 nitrogen and oxygen atoms in total. The number of hydrogen-bond donors (Lipinski definition) is 1. The molecule has 1 aliphatic carbocycles. The Morgan fingerprint density at radius 3 is 2.57 bits per heavy atom. The zero-order valence-electron chi connectivity index (χ0n) is 7.84. The Kier molecular flexibility index (Phi) is 2.50. The van der Waals surface area contributed by atoms with Crippen molar-refractivity contribution in [1.29, 1.82) is 0 Å². The quantitative estimate of drug-likeness (QED) is 0.735. The van der Waals surface area contributed by atoms with Crippen LogP contribution in [0.1, 0.15) is 30.7 Å². The molecule has 0 spiro atoms. The second-order valence-electron chi connectivity index (χ2n) is 3.94. The summed E-state index contributed by atoms with van der Waals surface area (Å²) in [6.07, 6.45) is 2.65. The highest BCUT2D eigenvalue weighted by Gasteiger charge is 2.25. The fourth-order valence-electron chi connectivity index (χ4n) is 2.13. The van der Waals surface area contributed by atoms with Crippen molar-refractivity contribution in [2.75, 3.05) is 0 Å². The maximum absolute atomic E-state index is 13.3. The fourth-order valence-corrected chi connectivity index (χ4v) is 2.13. The zero-order valence-corrected chi connectivity index (χ0v) is 7.84. The fraction of sp³-hybridized carbons (Fsp3) is 0.455. The van der Waals surface area contributed by atoms with Crippen LogP contribution in [0, 0.1) is 11.6 Å². The van der Waals surface area contributed by atoms with Gasteiger partial charge in [-0.2, -0.15) is 0 Å². The van der Waals surface area contributed by atoms with E-state index in [1.807, 2.05) is 0 Å². The number of benzene rings is 1. The Labute approximate surface area is 81.9 Å². The molecular formula is C11H13F2N. The summed E-state index contributed by atoms with van der Waals surface area (Å²) in [5, 5.41) is 0. The van der Waals surface area contributed by atoms with Crippen molar-refractivity contribution in [2.24, 2.45) is 5.73 Å². The monoisotopic (exact) mass is 197 g/mol. The normalized spacial score (nSPS) is 26.8. The van der Waals surface area contributed by atoms with Crippen LogP contribution in [0.2, 0.25) is 0 Å². The van der Waals surface area contributed by atoms with E-state index in [0.29, 0.717) is 5.56 Å². The van der Waals surface area contributed by atoms with Gasteiger partial charge in [-0.05, 0) is 36.8 Å². The highest BCUT2D eigenvalue weighted by atomic mass is 19.1. The lowest BCUT2D eigenvalue weighted by Crippen LogP contribution is -2.14. The van der Waals surface area contributed by atoms with Crippen molar-refractivity contribution in [3.8, 4) is 0 Å². The molecule has 0 heterocycles. The molecule has 14 heavy (non-hydrogen) atoms. The van der Waals surface area contributed by atoms with Gasteiger partial charge in [0.15, 0.2) is 0 Å². The summed E-state index contributed by atoms with van der Waals surface area (Å²) in [6, 6.07) is 3.96. The van der Waals surface area contributed by atoms with Crippen LogP contribution in [0.25, 0.3) is 0 Å². The summed E-state index contributed by atoms with van der Waals surface area (Å²) in [5.74, 6) is -0.789. The SMILES string of the molecule is N[C@H]1CC[C@H](c2ccc(F)cc2F)C1. The van der Waals surface area contributed by atoms with Crippen molar-refractivity contribution in [2.45, 2.75) is 31.2 Å². The van der Waals surface area contributed by atoms with E-state index in [2.05, 4.69) is 0 Å². The molecule has 1 fully saturated rings. The molecule has 0 radical (unpaired) electrons. The van der Waals surface area contributed by atoms with Gasteiger partial charge in [-0.3, -0.25) is 0 Å². The molecule has 1 saturated carbocycles. The van der Waals surface area contributed by atoms with Crippen LogP contribution in [0.5, 0.6) is 0 Å². The minimum atomic E-state index is -0.520. The lowest BCUT2D eigenvalue weighted by Gasteiger charge is -2.10. The molecular weight excluding hydrogens is 184 g/mol. The third kappa shape index (κ3) is 1.77. The zero-order chi connectivity index (χ0) is 10.1. The first-order chi connectivity index (χ1) is 6.66. The molecule has 2 N–H and O–H groups in total. The van der Waals surface area contributed by atoms with Crippen molar-refractivity contribution >= 4 is 0 Å². The Hall–Kier alpha value is -0.960. The predicted molar refractivity (Wildman–Crippen MR) is 50.9 cm³/mol. The van der Waals surface area contributed by atoms with E-state index in [4.69, 9.17) is 5.73 Å². The van der Waals surface area contributed by atoms with Crippen LogP contribution in [0.3, 0.4) is 0 Å². The molecule has 76 valence electrons. The van der Waals surface area contributed by atoms with E-state index < -0.39 is 11.6 Å². The third-order valence-corrected chi connectivity index (χ3v) is 2.88. The van der Waals surface area contributed by atoms with E-state index >= 15 is 0 Å². The van der Waals surface area contributed by atoms with Crippen LogP contribution in [-0.2, 0) is 0 Å². The molecule has 0 saturated heterocycles. The van der Waals surface area contributed by atoms with Gasteiger partial charge in [-0.25, -0.2) is 8.78 Å². The van der Waals surface area contributed by atoms with Crippen LogP contribution in [0.15, 0.2) is 18.2 Å². The summed E-state index contributed by atoms with van der Waals surface area (Å²) >= 11 is 0. The topological polar surface area (TPSA) is 26.0 Å². The molecule has 1 aromatic rings. The maximum atomic E-state index is 13.3. The molecule has 0 aromatic heterocycles. The van der Waals surface area contributed by atoms with E-state index in [1.54, 1.807) is 0 Å². The van der Waals surface area contributed by atoms with E-state index in [9.17, 15) is 8.78 Å². The lowest BCUT2D eigenvalue weighted by atomic mass is 9.97. The van der Waals surface area contributed by atoms with Gasteiger partial charge in [0.2, 0.25) is 0 Å². The predicted octanol–water partition coefficient (Wildman–Crippen LogP) is 2.56. The highest BCUT2D eigenvalue weighted by molar-refractivity contribution is 5.23. The van der Waals surface area contributed by atoms with Crippen LogP contribution in [-0.4, -0.2) is 6.04 Å². The standard InChI is InChI=1S/C11H13F2N/c12-8-2-4-10(11(13)6-8)7-1-3-9(14)5-7/h2,4,6-7,9H,1,3,5,14H2/t7-,9-/m0/s1. The average molecular weight is 197 g/mol. The van der Waals surface area contributed by atoms with Crippen molar-refractivity contribution in [1.82, 2.24) is 0 Å². The molecule has 2 atom stereocenters. The van der Waals surface area contributed by atoms with E-state index in [1.165, 1.54) is 12.1 Å². The van der Waals surface area contributed by atoms with Crippen molar-refractivity contribution in [3.05, 3.63) is 35.4 Å². The number of hydrogen-bond acceptors (Lipinski definition) is 1. The summed E-state index contributed by atoms with van der Waals surface area (Å²) < 4.78 is 26.0. The number of halogens is 2. The second-order valence-corrected chi connectivity index (χ2v) is 3.94. The molecule has 2 rings (SSSR count). The van der Waals surface area contributed by atoms with Gasteiger partial charge in [0, 0.05) is 12.1 Å². The smallest absolute Gasteiger partial charge is 0.129 e. The summed E-state index contributed by atoms with van der Waals surface area (Å²) in [6.45, 7) is 0. The Morgan fingerprint density at radius 2 is 2.00 bits per heavy atom. The van der Waals surface area contributed by atoms with Crippen LogP contribution >= 0.6 is 0 Å². The van der Waals surface area contributed by atoms with Gasteiger partial charge in [0.25, 0.3) is 0 Å². The van der Waals surface area contributed by atoms with Gasteiger partial charge in [-0.1, -0.05) is 6.07 Å². The number of rotatable bonds is 1. The molecule has 0 bridgehead atoms.